The van der Waals surface area contributed by atoms with Gasteiger partial charge in [-0.2, -0.15) is 0 Å². The normalized spacial score (nSPS) is 9.00. The van der Waals surface area contributed by atoms with Crippen LogP contribution in [-0.4, -0.2) is 10.4 Å². The predicted octanol–water partition coefficient (Wildman–Crippen LogP) is 1.22. The molecule has 42 valence electrons. The summed E-state index contributed by atoms with van der Waals surface area (Å²) in [6.45, 7) is 0. The summed E-state index contributed by atoms with van der Waals surface area (Å²) < 4.78 is 4.86. The quantitative estimate of drug-likeness (QED) is 0.558. The van der Waals surface area contributed by atoms with E-state index in [1.54, 1.807) is 11.6 Å². The van der Waals surface area contributed by atoms with E-state index in [1.807, 2.05) is 0 Å². The van der Waals surface area contributed by atoms with Crippen LogP contribution in [0.15, 0.2) is 16.9 Å². The van der Waals surface area contributed by atoms with E-state index in [0.717, 1.165) is 0 Å². The van der Waals surface area contributed by atoms with Crippen molar-refractivity contribution in [1.29, 1.82) is 0 Å². The molecule has 0 amide bonds. The van der Waals surface area contributed by atoms with Gasteiger partial charge in [0.15, 0.2) is 5.89 Å². The molecule has 1 aromatic rings. The smallest absolute Gasteiger partial charge is 0.198 e. The van der Waals surface area contributed by atoms with Gasteiger partial charge in [-0.3, -0.25) is 0 Å². The summed E-state index contributed by atoms with van der Waals surface area (Å²) in [5.41, 5.74) is 0. The Morgan fingerprint density at radius 3 is 3.25 bits per heavy atom. The second-order valence-corrected chi connectivity index (χ2v) is 1.63. The standard InChI is InChI=1S/C5H5NOS/c8-4-1-5-6-2-3-7-5/h2-4H,1H2. The molecule has 1 aromatic heterocycles. The van der Waals surface area contributed by atoms with Crippen molar-refractivity contribution >= 4 is 17.6 Å². The first-order valence-electron chi connectivity index (χ1n) is 2.25. The van der Waals surface area contributed by atoms with Crippen LogP contribution in [0.5, 0.6) is 0 Å². The molecule has 0 fully saturated rings. The molecule has 2 nitrogen and oxygen atoms in total. The van der Waals surface area contributed by atoms with Gasteiger partial charge in [-0.1, -0.05) is 12.2 Å². The molecule has 8 heavy (non-hydrogen) atoms. The Kier molecular flexibility index (Phi) is 1.75. The topological polar surface area (TPSA) is 26.0 Å². The van der Waals surface area contributed by atoms with Crippen LogP contribution in [0.25, 0.3) is 0 Å². The molecule has 0 aromatic carbocycles. The lowest BCUT2D eigenvalue weighted by Gasteiger charge is -1.78. The van der Waals surface area contributed by atoms with Crippen LogP contribution in [0.2, 0.25) is 0 Å². The number of hydrogen-bond donors (Lipinski definition) is 0. The summed E-state index contributed by atoms with van der Waals surface area (Å²) in [6.07, 6.45) is 3.78. The summed E-state index contributed by atoms with van der Waals surface area (Å²) in [6, 6.07) is 0. The number of nitrogens with zero attached hydrogens (tertiary/aromatic N) is 1. The molecule has 1 rings (SSSR count). The van der Waals surface area contributed by atoms with Crippen molar-refractivity contribution in [3.8, 4) is 0 Å². The maximum atomic E-state index is 4.86. The van der Waals surface area contributed by atoms with Crippen molar-refractivity contribution in [2.75, 3.05) is 0 Å². The van der Waals surface area contributed by atoms with Gasteiger partial charge in [-0.15, -0.1) is 0 Å². The lowest BCUT2D eigenvalue weighted by molar-refractivity contribution is 0.514. The maximum Gasteiger partial charge on any atom is 0.198 e. The van der Waals surface area contributed by atoms with E-state index < -0.39 is 0 Å². The van der Waals surface area contributed by atoms with E-state index in [2.05, 4.69) is 17.2 Å². The minimum atomic E-state index is 0.641. The molecule has 3 heteroatoms. The van der Waals surface area contributed by atoms with Crippen molar-refractivity contribution in [3.05, 3.63) is 18.4 Å². The van der Waals surface area contributed by atoms with Crippen LogP contribution >= 0.6 is 12.2 Å². The highest BCUT2D eigenvalue weighted by Crippen LogP contribution is 1.92. The predicted molar refractivity (Wildman–Crippen MR) is 33.9 cm³/mol. The second-order valence-electron chi connectivity index (χ2n) is 1.30. The summed E-state index contributed by atoms with van der Waals surface area (Å²) >= 11 is 4.57. The van der Waals surface area contributed by atoms with E-state index in [0.29, 0.717) is 12.3 Å². The van der Waals surface area contributed by atoms with E-state index in [1.165, 1.54) is 6.26 Å². The molecule has 0 radical (unpaired) electrons. The van der Waals surface area contributed by atoms with Crippen molar-refractivity contribution in [3.63, 3.8) is 0 Å². The molecular formula is C5H5NOS. The minimum Gasteiger partial charge on any atom is -0.449 e. The second kappa shape index (κ2) is 2.57. The van der Waals surface area contributed by atoms with Gasteiger partial charge in [0, 0.05) is 0 Å². The van der Waals surface area contributed by atoms with Gasteiger partial charge < -0.3 is 4.42 Å². The molecule has 0 aliphatic carbocycles. The number of hydrogen-bond acceptors (Lipinski definition) is 3. The molecule has 0 spiro atoms. The van der Waals surface area contributed by atoms with Crippen LogP contribution in [0.3, 0.4) is 0 Å². The van der Waals surface area contributed by atoms with Gasteiger partial charge >= 0.3 is 0 Å². The summed E-state index contributed by atoms with van der Waals surface area (Å²) in [5.74, 6) is 0.681. The molecule has 0 N–H and O–H groups in total. The maximum absolute atomic E-state index is 4.86. The third kappa shape index (κ3) is 1.13. The third-order valence-electron chi connectivity index (χ3n) is 0.741. The van der Waals surface area contributed by atoms with Crippen molar-refractivity contribution in [1.82, 2.24) is 4.98 Å². The molecule has 0 aliphatic heterocycles. The highest BCUT2D eigenvalue weighted by Gasteiger charge is 1.89. The fourth-order valence-electron chi connectivity index (χ4n) is 0.425. The number of rotatable bonds is 2. The zero-order valence-corrected chi connectivity index (χ0v) is 5.02. The summed E-state index contributed by atoms with van der Waals surface area (Å²) in [7, 11) is 0. The van der Waals surface area contributed by atoms with Gasteiger partial charge in [-0.25, -0.2) is 4.98 Å². The monoisotopic (exact) mass is 127 g/mol. The van der Waals surface area contributed by atoms with Crippen molar-refractivity contribution in [2.45, 2.75) is 6.42 Å². The molecule has 0 bridgehead atoms. The molecule has 1 heterocycles. The van der Waals surface area contributed by atoms with E-state index in [4.69, 9.17) is 4.42 Å². The Morgan fingerprint density at radius 1 is 1.88 bits per heavy atom. The van der Waals surface area contributed by atoms with Crippen LogP contribution in [0.1, 0.15) is 5.89 Å². The number of aromatic nitrogens is 1. The number of oxazole rings is 1. The number of thiocarbonyl (C=S) groups is 1. The molecule has 0 unspecified atom stereocenters. The van der Waals surface area contributed by atoms with E-state index in [9.17, 15) is 0 Å². The molecule has 0 atom stereocenters. The molecular weight excluding hydrogens is 122 g/mol. The summed E-state index contributed by atoms with van der Waals surface area (Å²) in [5, 5.41) is 1.59. The van der Waals surface area contributed by atoms with Crippen molar-refractivity contribution < 1.29 is 4.42 Å². The van der Waals surface area contributed by atoms with E-state index >= 15 is 0 Å². The van der Waals surface area contributed by atoms with Crippen LogP contribution in [0.4, 0.5) is 0 Å². The highest BCUT2D eigenvalue weighted by molar-refractivity contribution is 7.78. The highest BCUT2D eigenvalue weighted by atomic mass is 32.1. The van der Waals surface area contributed by atoms with Gasteiger partial charge in [0.05, 0.1) is 12.6 Å². The van der Waals surface area contributed by atoms with Gasteiger partial charge in [0.1, 0.15) is 6.26 Å². The molecule has 0 saturated heterocycles. The Balaban J connectivity index is 2.62. The Hall–Kier alpha value is -0.700. The summed E-state index contributed by atoms with van der Waals surface area (Å²) in [4.78, 5) is 3.84. The van der Waals surface area contributed by atoms with Crippen LogP contribution in [-0.2, 0) is 6.42 Å². The fraction of sp³-hybridized carbons (Fsp3) is 0.200. The fourth-order valence-corrected chi connectivity index (χ4v) is 0.568. The van der Waals surface area contributed by atoms with Crippen LogP contribution in [0, 0.1) is 0 Å². The lowest BCUT2D eigenvalue weighted by Crippen LogP contribution is -1.80. The first-order valence-corrected chi connectivity index (χ1v) is 2.72. The Labute approximate surface area is 52.5 Å². The minimum absolute atomic E-state index is 0.641. The zero-order chi connectivity index (χ0) is 5.82. The van der Waals surface area contributed by atoms with Gasteiger partial charge in [0.25, 0.3) is 0 Å². The Bertz CT molecular complexity index is 159. The van der Waals surface area contributed by atoms with Crippen LogP contribution < -0.4 is 0 Å². The average molecular weight is 127 g/mol. The zero-order valence-electron chi connectivity index (χ0n) is 4.20. The third-order valence-corrected chi connectivity index (χ3v) is 0.908. The first kappa shape index (κ1) is 5.44. The van der Waals surface area contributed by atoms with Gasteiger partial charge in [-0.05, 0) is 5.37 Å². The van der Waals surface area contributed by atoms with Crippen molar-refractivity contribution in [2.24, 2.45) is 0 Å². The first-order chi connectivity index (χ1) is 3.93. The molecule has 0 saturated carbocycles. The average Bonchev–Trinajstić information content (AvgIpc) is 2.19. The SMILES string of the molecule is S=CCc1ncco1. The van der Waals surface area contributed by atoms with Gasteiger partial charge in [0.2, 0.25) is 0 Å². The largest absolute Gasteiger partial charge is 0.449 e. The Morgan fingerprint density at radius 2 is 2.75 bits per heavy atom. The lowest BCUT2D eigenvalue weighted by atomic mass is 10.5. The molecule has 0 aliphatic rings. The van der Waals surface area contributed by atoms with E-state index in [-0.39, 0.29) is 0 Å².